The second-order valence-corrected chi connectivity index (χ2v) is 4.99. The average Bonchev–Trinajstić information content (AvgIpc) is 2.27. The number of rotatable bonds is 3. The highest BCUT2D eigenvalue weighted by Gasteiger charge is 2.18. The maximum absolute atomic E-state index is 11.9. The van der Waals surface area contributed by atoms with Crippen LogP contribution in [0.5, 0.6) is 0 Å². The van der Waals surface area contributed by atoms with Crippen molar-refractivity contribution in [2.45, 2.75) is 17.9 Å². The van der Waals surface area contributed by atoms with Crippen LogP contribution in [0, 0.1) is 3.70 Å². The highest BCUT2D eigenvalue weighted by atomic mass is 127. The highest BCUT2D eigenvalue weighted by Crippen LogP contribution is 2.15. The molecule has 0 aromatic carbocycles. The van der Waals surface area contributed by atoms with Crippen molar-refractivity contribution in [3.63, 3.8) is 0 Å². The van der Waals surface area contributed by atoms with E-state index in [1.165, 1.54) is 0 Å². The maximum atomic E-state index is 11.9. The van der Waals surface area contributed by atoms with E-state index < -0.39 is 23.0 Å². The molecule has 0 amide bonds. The van der Waals surface area contributed by atoms with Crippen molar-refractivity contribution < 1.29 is 17.2 Å². The number of nitrogens with two attached hydrogens (primary N) is 1. The summed E-state index contributed by atoms with van der Waals surface area (Å²) in [4.78, 5) is -0.237. The van der Waals surface area contributed by atoms with E-state index in [0.717, 1.165) is 10.9 Å². The first kappa shape index (κ1) is 11.8. The van der Waals surface area contributed by atoms with Gasteiger partial charge in [0.15, 0.2) is 0 Å². The lowest BCUT2D eigenvalue weighted by atomic mass is 10.7. The number of halogens is 3. The molecule has 14 heavy (non-hydrogen) atoms. The number of alkyl halides is 2. The normalized spacial score (nSPS) is 12.4. The van der Waals surface area contributed by atoms with Crippen LogP contribution in [-0.4, -0.2) is 24.6 Å². The molecule has 0 saturated carbocycles. The molecule has 0 fully saturated rings. The third kappa shape index (κ3) is 2.85. The van der Waals surface area contributed by atoms with Gasteiger partial charge in [0.1, 0.15) is 15.1 Å². The van der Waals surface area contributed by atoms with Crippen LogP contribution in [0.2, 0.25) is 0 Å². The molecule has 1 heterocycles. The van der Waals surface area contributed by atoms with E-state index in [9.17, 15) is 17.2 Å². The van der Waals surface area contributed by atoms with Gasteiger partial charge in [-0.25, -0.2) is 22.3 Å². The topological polar surface area (TPSA) is 78.0 Å². The molecule has 0 unspecified atom stereocenters. The van der Waals surface area contributed by atoms with Gasteiger partial charge in [0.2, 0.25) is 10.0 Å². The Morgan fingerprint density at radius 1 is 1.64 bits per heavy atom. The van der Waals surface area contributed by atoms with Crippen LogP contribution in [0.4, 0.5) is 8.78 Å². The predicted octanol–water partition coefficient (Wildman–Crippen LogP) is 0.400. The molecule has 0 aliphatic heterocycles. The second-order valence-electron chi connectivity index (χ2n) is 2.44. The summed E-state index contributed by atoms with van der Waals surface area (Å²) in [6, 6.07) is 0. The molecule has 5 nitrogen and oxygen atoms in total. The van der Waals surface area contributed by atoms with E-state index in [4.69, 9.17) is 5.14 Å². The number of hydrogen-bond acceptors (Lipinski definition) is 3. The van der Waals surface area contributed by atoms with Gasteiger partial charge in [0.05, 0.1) is 0 Å². The minimum atomic E-state index is -3.88. The third-order valence-corrected chi connectivity index (χ3v) is 3.39. The molecule has 0 saturated heterocycles. The van der Waals surface area contributed by atoms with Crippen molar-refractivity contribution in [3.05, 3.63) is 9.90 Å². The first-order chi connectivity index (χ1) is 6.30. The highest BCUT2D eigenvalue weighted by molar-refractivity contribution is 14.1. The first-order valence-electron chi connectivity index (χ1n) is 3.34. The lowest BCUT2D eigenvalue weighted by Crippen LogP contribution is -2.12. The van der Waals surface area contributed by atoms with Crippen LogP contribution in [0.25, 0.3) is 0 Å². The van der Waals surface area contributed by atoms with Gasteiger partial charge < -0.3 is 0 Å². The van der Waals surface area contributed by atoms with Gasteiger partial charge in [-0.1, -0.05) is 0 Å². The van der Waals surface area contributed by atoms with Gasteiger partial charge in [0, 0.05) is 6.20 Å². The summed E-state index contributed by atoms with van der Waals surface area (Å²) in [5.74, 6) is 0. The molecule has 9 heteroatoms. The molecule has 1 aromatic heterocycles. The third-order valence-electron chi connectivity index (χ3n) is 1.32. The number of hydrogen-bond donors (Lipinski definition) is 1. The zero-order valence-corrected chi connectivity index (χ0v) is 9.67. The largest absolute Gasteiger partial charge is 0.265 e. The molecule has 1 aromatic rings. The van der Waals surface area contributed by atoms with Gasteiger partial charge in [-0.2, -0.15) is 5.10 Å². The zero-order valence-electron chi connectivity index (χ0n) is 6.69. The fourth-order valence-corrected chi connectivity index (χ4v) is 2.69. The van der Waals surface area contributed by atoms with Gasteiger partial charge >= 0.3 is 0 Å². The Morgan fingerprint density at radius 2 is 2.21 bits per heavy atom. The fourth-order valence-electron chi connectivity index (χ4n) is 0.805. The zero-order chi connectivity index (χ0) is 10.9. The van der Waals surface area contributed by atoms with Crippen LogP contribution in [0.3, 0.4) is 0 Å². The van der Waals surface area contributed by atoms with Crippen molar-refractivity contribution in [1.29, 1.82) is 0 Å². The Labute approximate surface area is 92.5 Å². The fraction of sp³-hybridized carbons (Fsp3) is 0.400. The second kappa shape index (κ2) is 4.06. The summed E-state index contributed by atoms with van der Waals surface area (Å²) in [5, 5.41) is 8.41. The van der Waals surface area contributed by atoms with E-state index in [0.29, 0.717) is 0 Å². The summed E-state index contributed by atoms with van der Waals surface area (Å²) >= 11 is 1.62. The Morgan fingerprint density at radius 3 is 2.57 bits per heavy atom. The Kier molecular flexibility index (Phi) is 3.42. The summed E-state index contributed by atoms with van der Waals surface area (Å²) in [5.41, 5.74) is 0. The Bertz CT molecular complexity index is 430. The van der Waals surface area contributed by atoms with Crippen LogP contribution >= 0.6 is 22.6 Å². The van der Waals surface area contributed by atoms with E-state index in [2.05, 4.69) is 5.10 Å². The minimum absolute atomic E-state index is 0.0887. The summed E-state index contributed by atoms with van der Waals surface area (Å²) in [6.45, 7) is -0.647. The quantitative estimate of drug-likeness (QED) is 0.811. The summed E-state index contributed by atoms with van der Waals surface area (Å²) in [7, 11) is -3.88. The molecular weight excluding hydrogens is 331 g/mol. The smallest absolute Gasteiger partial charge is 0.257 e. The standard InChI is InChI=1S/C5H6F2IN3O2S/c6-4(7)2-11-1-3(5(8)10-11)14(9,12)13/h1,4H,2H2,(H2,9,12,13). The van der Waals surface area contributed by atoms with Gasteiger partial charge in [-0.3, -0.25) is 4.68 Å². The van der Waals surface area contributed by atoms with E-state index in [-0.39, 0.29) is 8.60 Å². The van der Waals surface area contributed by atoms with Gasteiger partial charge in [-0.15, -0.1) is 0 Å². The molecule has 0 aliphatic carbocycles. The SMILES string of the molecule is NS(=O)(=O)c1cn(CC(F)F)nc1I. The number of nitrogens with zero attached hydrogens (tertiary/aromatic N) is 2. The van der Waals surface area contributed by atoms with Crippen LogP contribution in [0.15, 0.2) is 11.1 Å². The number of sulfonamides is 1. The molecular formula is C5H6F2IN3O2S. The summed E-state index contributed by atoms with van der Waals surface area (Å²) in [6.07, 6.45) is -1.59. The number of primary sulfonamides is 1. The number of aromatic nitrogens is 2. The van der Waals surface area contributed by atoms with Crippen molar-refractivity contribution in [2.24, 2.45) is 5.14 Å². The average molecular weight is 337 g/mol. The van der Waals surface area contributed by atoms with Crippen LogP contribution in [0.1, 0.15) is 0 Å². The monoisotopic (exact) mass is 337 g/mol. The Balaban J connectivity index is 3.06. The molecule has 0 atom stereocenters. The maximum Gasteiger partial charge on any atom is 0.257 e. The van der Waals surface area contributed by atoms with Crippen molar-refractivity contribution >= 4 is 32.6 Å². The van der Waals surface area contributed by atoms with Crippen LogP contribution in [-0.2, 0) is 16.6 Å². The molecule has 2 N–H and O–H groups in total. The van der Waals surface area contributed by atoms with Gasteiger partial charge in [-0.05, 0) is 22.6 Å². The minimum Gasteiger partial charge on any atom is -0.265 e. The Hall–Kier alpha value is -0.290. The molecule has 1 rings (SSSR count). The van der Waals surface area contributed by atoms with Crippen molar-refractivity contribution in [1.82, 2.24) is 9.78 Å². The van der Waals surface area contributed by atoms with Crippen molar-refractivity contribution in [2.75, 3.05) is 0 Å². The predicted molar refractivity (Wildman–Crippen MR) is 52.3 cm³/mol. The molecule has 80 valence electrons. The van der Waals surface area contributed by atoms with Crippen molar-refractivity contribution in [3.8, 4) is 0 Å². The molecule has 0 bridgehead atoms. The van der Waals surface area contributed by atoms with Gasteiger partial charge in [0.25, 0.3) is 6.43 Å². The summed E-state index contributed by atoms with van der Waals surface area (Å²) < 4.78 is 46.5. The first-order valence-corrected chi connectivity index (χ1v) is 5.97. The molecule has 0 aliphatic rings. The van der Waals surface area contributed by atoms with E-state index in [1.54, 1.807) is 22.6 Å². The van der Waals surface area contributed by atoms with E-state index >= 15 is 0 Å². The van der Waals surface area contributed by atoms with E-state index in [1.807, 2.05) is 0 Å². The molecule has 0 radical (unpaired) electrons. The lowest BCUT2D eigenvalue weighted by molar-refractivity contribution is 0.121. The van der Waals surface area contributed by atoms with Crippen LogP contribution < -0.4 is 5.14 Å². The molecule has 0 spiro atoms. The lowest BCUT2D eigenvalue weighted by Gasteiger charge is -1.97.